The second kappa shape index (κ2) is 17.0. The van der Waals surface area contributed by atoms with E-state index in [0.29, 0.717) is 23.7 Å². The van der Waals surface area contributed by atoms with Crippen molar-refractivity contribution >= 4 is 12.1 Å². The van der Waals surface area contributed by atoms with Crippen molar-refractivity contribution < 1.29 is 52.3 Å². The lowest BCUT2D eigenvalue weighted by molar-refractivity contribution is -0.727. The summed E-state index contributed by atoms with van der Waals surface area (Å²) in [7, 11) is 4.87. The number of rotatable bonds is 13. The average molecular weight is 626 g/mol. The first-order chi connectivity index (χ1) is 17.2. The molecule has 2 aromatic rings. The van der Waals surface area contributed by atoms with Gasteiger partial charge in [0.1, 0.15) is 5.56 Å². The molecule has 1 aromatic carbocycles. The van der Waals surface area contributed by atoms with E-state index in [9.17, 15) is 9.59 Å². The lowest BCUT2D eigenvalue weighted by atomic mass is 10.0. The molecule has 0 bridgehead atoms. The Balaban J connectivity index is 0.00000684. The SMILES string of the molecule is COc1cc(CC(N)CCCC/C=C/C(C)C)ccc1OC(=O)OC[n+]1cccc(C(=O)N(C)C)c1.[I-]. The highest BCUT2D eigenvalue weighted by atomic mass is 127. The van der Waals surface area contributed by atoms with Crippen LogP contribution in [0.5, 0.6) is 11.5 Å². The van der Waals surface area contributed by atoms with E-state index < -0.39 is 6.16 Å². The molecular weight excluding hydrogens is 585 g/mol. The molecule has 1 heterocycles. The summed E-state index contributed by atoms with van der Waals surface area (Å²) >= 11 is 0. The molecule has 37 heavy (non-hydrogen) atoms. The highest BCUT2D eigenvalue weighted by Gasteiger charge is 2.17. The molecule has 1 amide bonds. The molecule has 8 nitrogen and oxygen atoms in total. The molecule has 0 radical (unpaired) electrons. The van der Waals surface area contributed by atoms with E-state index in [2.05, 4.69) is 26.0 Å². The Hall–Kier alpha value is -2.66. The van der Waals surface area contributed by atoms with E-state index in [1.807, 2.05) is 12.1 Å². The largest absolute Gasteiger partial charge is 1.00 e. The van der Waals surface area contributed by atoms with Crippen molar-refractivity contribution in [2.45, 2.75) is 58.7 Å². The minimum Gasteiger partial charge on any atom is -1.00 e. The number of allylic oxidation sites excluding steroid dienone is 2. The summed E-state index contributed by atoms with van der Waals surface area (Å²) in [6.45, 7) is 4.25. The van der Waals surface area contributed by atoms with Crippen LogP contribution in [0.4, 0.5) is 4.79 Å². The Morgan fingerprint density at radius 3 is 2.57 bits per heavy atom. The molecule has 0 spiro atoms. The first kappa shape index (κ1) is 32.4. The molecule has 9 heteroatoms. The van der Waals surface area contributed by atoms with E-state index in [1.54, 1.807) is 49.3 Å². The molecule has 0 aliphatic carbocycles. The van der Waals surface area contributed by atoms with Gasteiger partial charge in [-0.15, -0.1) is 0 Å². The highest BCUT2D eigenvalue weighted by molar-refractivity contribution is 5.93. The van der Waals surface area contributed by atoms with Crippen LogP contribution in [0, 0.1) is 5.92 Å². The number of methoxy groups -OCH3 is 1. The predicted molar refractivity (Wildman–Crippen MR) is 139 cm³/mol. The van der Waals surface area contributed by atoms with Gasteiger partial charge in [-0.25, -0.2) is 4.79 Å². The Morgan fingerprint density at radius 1 is 1.14 bits per heavy atom. The number of aromatic nitrogens is 1. The van der Waals surface area contributed by atoms with Crippen molar-refractivity contribution in [3.8, 4) is 11.5 Å². The van der Waals surface area contributed by atoms with Crippen molar-refractivity contribution in [3.63, 3.8) is 0 Å². The van der Waals surface area contributed by atoms with Crippen molar-refractivity contribution in [2.75, 3.05) is 21.2 Å². The number of amides is 1. The Bertz CT molecular complexity index is 1030. The standard InChI is InChI=1S/C28H40N3O5.HI/c1-21(2)11-8-6-7-9-13-24(29)17-22-14-15-25(26(18-22)34-5)36-28(33)35-20-31-16-10-12-23(19-31)27(32)30(3)4;/h8,10-12,14-16,18-19,21,24H,6-7,9,13,17,20,29H2,1-5H3;1H/q+1;/p-1/b11-8+;. The molecule has 204 valence electrons. The van der Waals surface area contributed by atoms with Crippen molar-refractivity contribution in [1.82, 2.24) is 4.90 Å². The fraction of sp³-hybridized carbons (Fsp3) is 0.464. The number of hydrogen-bond acceptors (Lipinski definition) is 6. The first-order valence-electron chi connectivity index (χ1n) is 12.3. The second-order valence-corrected chi connectivity index (χ2v) is 9.34. The van der Waals surface area contributed by atoms with Gasteiger partial charge in [0.15, 0.2) is 23.9 Å². The van der Waals surface area contributed by atoms with Crippen LogP contribution in [-0.2, 0) is 17.9 Å². The molecule has 0 saturated carbocycles. The van der Waals surface area contributed by atoms with Gasteiger partial charge < -0.3 is 48.8 Å². The van der Waals surface area contributed by atoms with Gasteiger partial charge in [0.05, 0.1) is 7.11 Å². The normalized spacial score (nSPS) is 11.6. The van der Waals surface area contributed by atoms with Gasteiger partial charge in [0, 0.05) is 26.2 Å². The third kappa shape index (κ3) is 12.0. The molecule has 0 saturated heterocycles. The second-order valence-electron chi connectivity index (χ2n) is 9.34. The molecule has 1 atom stereocenters. The van der Waals surface area contributed by atoms with Crippen LogP contribution in [0.1, 0.15) is 55.5 Å². The number of hydrogen-bond donors (Lipinski definition) is 1. The van der Waals surface area contributed by atoms with Gasteiger partial charge in [-0.1, -0.05) is 38.5 Å². The summed E-state index contributed by atoms with van der Waals surface area (Å²) in [6, 6.07) is 8.85. The van der Waals surface area contributed by atoms with Crippen LogP contribution >= 0.6 is 0 Å². The number of unbranched alkanes of at least 4 members (excludes halogenated alkanes) is 2. The van der Waals surface area contributed by atoms with Crippen LogP contribution in [0.15, 0.2) is 54.9 Å². The van der Waals surface area contributed by atoms with E-state index in [4.69, 9.17) is 19.9 Å². The Kier molecular flexibility index (Phi) is 14.8. The number of carbonyl (C=O) groups is 2. The average Bonchev–Trinajstić information content (AvgIpc) is 2.85. The summed E-state index contributed by atoms with van der Waals surface area (Å²) in [5, 5.41) is 0. The summed E-state index contributed by atoms with van der Waals surface area (Å²) < 4.78 is 17.5. The zero-order valence-electron chi connectivity index (χ0n) is 22.5. The van der Waals surface area contributed by atoms with Crippen LogP contribution in [0.25, 0.3) is 0 Å². The minimum absolute atomic E-state index is 0. The molecule has 2 N–H and O–H groups in total. The van der Waals surface area contributed by atoms with Crippen LogP contribution in [-0.4, -0.2) is 44.2 Å². The molecule has 2 rings (SSSR count). The third-order valence-corrected chi connectivity index (χ3v) is 5.48. The fourth-order valence-electron chi connectivity index (χ4n) is 3.60. The molecule has 0 aliphatic rings. The Morgan fingerprint density at radius 2 is 1.89 bits per heavy atom. The smallest absolute Gasteiger partial charge is 0.518 e. The number of pyridine rings is 1. The topological polar surface area (TPSA) is 95.0 Å². The van der Waals surface area contributed by atoms with E-state index in [-0.39, 0.29) is 48.4 Å². The monoisotopic (exact) mass is 625 g/mol. The van der Waals surface area contributed by atoms with Gasteiger partial charge >= 0.3 is 6.16 Å². The maximum absolute atomic E-state index is 12.3. The van der Waals surface area contributed by atoms with Gasteiger partial charge in [0.2, 0.25) is 0 Å². The summed E-state index contributed by atoms with van der Waals surface area (Å²) in [5.41, 5.74) is 7.83. The molecule has 0 aliphatic heterocycles. The van der Waals surface area contributed by atoms with E-state index >= 15 is 0 Å². The van der Waals surface area contributed by atoms with Crippen molar-refractivity contribution in [3.05, 3.63) is 66.0 Å². The maximum Gasteiger partial charge on any atom is 0.518 e. The number of ether oxygens (including phenoxy) is 3. The molecule has 1 aromatic heterocycles. The molecule has 0 fully saturated rings. The first-order valence-corrected chi connectivity index (χ1v) is 12.3. The van der Waals surface area contributed by atoms with Crippen LogP contribution in [0.3, 0.4) is 0 Å². The highest BCUT2D eigenvalue weighted by Crippen LogP contribution is 2.29. The van der Waals surface area contributed by atoms with Gasteiger partial charge in [0.25, 0.3) is 12.6 Å². The van der Waals surface area contributed by atoms with Crippen molar-refractivity contribution in [2.24, 2.45) is 11.7 Å². The predicted octanol–water partition coefficient (Wildman–Crippen LogP) is 1.50. The number of nitrogens with zero attached hydrogens (tertiary/aromatic N) is 2. The fourth-order valence-corrected chi connectivity index (χ4v) is 3.60. The number of carbonyl (C=O) groups excluding carboxylic acids is 2. The summed E-state index contributed by atoms with van der Waals surface area (Å²) in [6.07, 6.45) is 11.9. The maximum atomic E-state index is 12.3. The lowest BCUT2D eigenvalue weighted by Crippen LogP contribution is -3.00. The number of halogens is 1. The van der Waals surface area contributed by atoms with Gasteiger partial charge in [-0.05, 0) is 55.4 Å². The number of nitrogens with two attached hydrogens (primary N) is 1. The minimum atomic E-state index is -0.874. The van der Waals surface area contributed by atoms with Gasteiger partial charge in [-0.2, -0.15) is 4.57 Å². The Labute approximate surface area is 237 Å². The van der Waals surface area contributed by atoms with Crippen LogP contribution < -0.4 is 43.8 Å². The summed E-state index contributed by atoms with van der Waals surface area (Å²) in [5.74, 6) is 1.14. The molecule has 1 unspecified atom stereocenters. The third-order valence-electron chi connectivity index (χ3n) is 5.48. The quantitative estimate of drug-likeness (QED) is 0.0907. The molecular formula is C28H40IN3O5. The van der Waals surface area contributed by atoms with Crippen LogP contribution in [0.2, 0.25) is 0 Å². The van der Waals surface area contributed by atoms with Gasteiger partial charge in [-0.3, -0.25) is 4.79 Å². The van der Waals surface area contributed by atoms with E-state index in [1.165, 1.54) is 12.0 Å². The lowest BCUT2D eigenvalue weighted by Gasteiger charge is -2.14. The summed E-state index contributed by atoms with van der Waals surface area (Å²) in [4.78, 5) is 25.8. The zero-order chi connectivity index (χ0) is 26.5. The number of benzene rings is 1. The zero-order valence-corrected chi connectivity index (χ0v) is 24.6. The van der Waals surface area contributed by atoms with E-state index in [0.717, 1.165) is 31.2 Å². The van der Waals surface area contributed by atoms with Crippen molar-refractivity contribution in [1.29, 1.82) is 0 Å².